The van der Waals surface area contributed by atoms with Crippen molar-refractivity contribution in [2.24, 2.45) is 0 Å². The summed E-state index contributed by atoms with van der Waals surface area (Å²) in [5.74, 6) is 1.17. The fraction of sp³-hybridized carbons (Fsp3) is 0.462. The molecule has 4 heteroatoms. The number of nitrogens with zero attached hydrogens (tertiary/aromatic N) is 1. The molecule has 0 atom stereocenters. The van der Waals surface area contributed by atoms with E-state index < -0.39 is 5.37 Å². The van der Waals surface area contributed by atoms with Gasteiger partial charge in [-0.3, -0.25) is 4.79 Å². The van der Waals surface area contributed by atoms with Gasteiger partial charge in [-0.15, -0.1) is 0 Å². The number of methoxy groups -OCH3 is 1. The molecule has 1 amide bonds. The van der Waals surface area contributed by atoms with Crippen LogP contribution in [-0.2, 0) is 0 Å². The van der Waals surface area contributed by atoms with Gasteiger partial charge in [0.1, 0.15) is 5.75 Å². The van der Waals surface area contributed by atoms with Crippen LogP contribution in [0.25, 0.3) is 0 Å². The normalized spacial score (nSPS) is 10.5. The average Bonchev–Trinajstić information content (AvgIpc) is 2.27. The van der Waals surface area contributed by atoms with E-state index in [1.165, 1.54) is 4.90 Å². The van der Waals surface area contributed by atoms with Crippen LogP contribution in [0.15, 0.2) is 12.1 Å². The SMILES string of the molecule is COc1cc(C)c(N(C)C(=O)Cl)cc1C(C)C. The molecule has 0 aliphatic carbocycles. The number of halogens is 1. The van der Waals surface area contributed by atoms with Crippen molar-refractivity contribution in [3.05, 3.63) is 23.3 Å². The van der Waals surface area contributed by atoms with Crippen molar-refractivity contribution in [2.45, 2.75) is 26.7 Å². The second kappa shape index (κ2) is 5.41. The molecule has 94 valence electrons. The number of hydrogen-bond donors (Lipinski definition) is 0. The van der Waals surface area contributed by atoms with Crippen molar-refractivity contribution < 1.29 is 9.53 Å². The highest BCUT2D eigenvalue weighted by Crippen LogP contribution is 2.33. The van der Waals surface area contributed by atoms with Crippen LogP contribution in [0.4, 0.5) is 10.5 Å². The second-order valence-corrected chi connectivity index (χ2v) is 4.67. The number of aryl methyl sites for hydroxylation is 1. The van der Waals surface area contributed by atoms with E-state index in [-0.39, 0.29) is 0 Å². The zero-order valence-corrected chi connectivity index (χ0v) is 11.6. The Hall–Kier alpha value is -1.22. The fourth-order valence-electron chi connectivity index (χ4n) is 1.77. The Morgan fingerprint density at radius 2 is 2.00 bits per heavy atom. The first-order valence-electron chi connectivity index (χ1n) is 5.50. The summed E-state index contributed by atoms with van der Waals surface area (Å²) >= 11 is 5.50. The van der Waals surface area contributed by atoms with E-state index >= 15 is 0 Å². The van der Waals surface area contributed by atoms with Crippen molar-refractivity contribution in [2.75, 3.05) is 19.1 Å². The highest BCUT2D eigenvalue weighted by Gasteiger charge is 2.16. The fourth-order valence-corrected chi connectivity index (χ4v) is 1.86. The van der Waals surface area contributed by atoms with E-state index in [1.54, 1.807) is 14.2 Å². The van der Waals surface area contributed by atoms with Crippen LogP contribution in [-0.4, -0.2) is 19.5 Å². The lowest BCUT2D eigenvalue weighted by molar-refractivity contribution is 0.265. The minimum absolute atomic E-state index is 0.322. The lowest BCUT2D eigenvalue weighted by Gasteiger charge is -2.20. The molecule has 0 N–H and O–H groups in total. The number of carbonyl (C=O) groups excluding carboxylic acids is 1. The highest BCUT2D eigenvalue weighted by molar-refractivity contribution is 6.66. The number of rotatable bonds is 3. The second-order valence-electron chi connectivity index (χ2n) is 4.35. The molecule has 0 radical (unpaired) electrons. The predicted octanol–water partition coefficient (Wildman–Crippen LogP) is 3.92. The molecule has 0 heterocycles. The van der Waals surface area contributed by atoms with Gasteiger partial charge in [0.2, 0.25) is 0 Å². The number of ether oxygens (including phenoxy) is 1. The number of amides is 1. The maximum absolute atomic E-state index is 11.2. The molecule has 0 fully saturated rings. The zero-order chi connectivity index (χ0) is 13.2. The number of anilines is 1. The summed E-state index contributed by atoms with van der Waals surface area (Å²) < 4.78 is 5.35. The first kappa shape index (κ1) is 13.8. The van der Waals surface area contributed by atoms with Gasteiger partial charge in [0.05, 0.1) is 7.11 Å². The number of carbonyl (C=O) groups is 1. The third-order valence-electron chi connectivity index (χ3n) is 2.80. The molecule has 0 saturated heterocycles. The van der Waals surface area contributed by atoms with E-state index in [2.05, 4.69) is 13.8 Å². The van der Waals surface area contributed by atoms with Gasteiger partial charge in [-0.05, 0) is 47.7 Å². The van der Waals surface area contributed by atoms with E-state index in [0.29, 0.717) is 5.92 Å². The van der Waals surface area contributed by atoms with Crippen LogP contribution in [0.3, 0.4) is 0 Å². The topological polar surface area (TPSA) is 29.5 Å². The van der Waals surface area contributed by atoms with Crippen molar-refractivity contribution in [3.8, 4) is 5.75 Å². The molecule has 1 aromatic carbocycles. The molecule has 0 unspecified atom stereocenters. The standard InChI is InChI=1S/C13H18ClNO2/c1-8(2)10-7-11(15(4)13(14)16)9(3)6-12(10)17-5/h6-8H,1-5H3. The van der Waals surface area contributed by atoms with Crippen LogP contribution < -0.4 is 9.64 Å². The van der Waals surface area contributed by atoms with Gasteiger partial charge in [0.15, 0.2) is 0 Å². The van der Waals surface area contributed by atoms with Crippen molar-refractivity contribution >= 4 is 22.7 Å². The average molecular weight is 256 g/mol. The van der Waals surface area contributed by atoms with Gasteiger partial charge in [-0.1, -0.05) is 13.8 Å². The molecule has 0 aromatic heterocycles. The minimum Gasteiger partial charge on any atom is -0.496 e. The number of benzene rings is 1. The van der Waals surface area contributed by atoms with Crippen molar-refractivity contribution in [1.82, 2.24) is 0 Å². The van der Waals surface area contributed by atoms with E-state index in [4.69, 9.17) is 16.3 Å². The Morgan fingerprint density at radius 1 is 1.41 bits per heavy atom. The molecule has 17 heavy (non-hydrogen) atoms. The molecule has 1 rings (SSSR count). The maximum atomic E-state index is 11.2. The zero-order valence-electron chi connectivity index (χ0n) is 10.9. The summed E-state index contributed by atoms with van der Waals surface area (Å²) in [5.41, 5.74) is 2.84. The minimum atomic E-state index is -0.493. The monoisotopic (exact) mass is 255 g/mol. The maximum Gasteiger partial charge on any atom is 0.320 e. The van der Waals surface area contributed by atoms with Crippen LogP contribution >= 0.6 is 11.6 Å². The largest absolute Gasteiger partial charge is 0.496 e. The Bertz CT molecular complexity index is 430. The summed E-state index contributed by atoms with van der Waals surface area (Å²) in [7, 11) is 3.31. The third-order valence-corrected chi connectivity index (χ3v) is 3.05. The quantitative estimate of drug-likeness (QED) is 0.605. The smallest absolute Gasteiger partial charge is 0.320 e. The molecule has 0 aliphatic rings. The van der Waals surface area contributed by atoms with E-state index in [1.807, 2.05) is 19.1 Å². The van der Waals surface area contributed by atoms with Gasteiger partial charge in [0.25, 0.3) is 0 Å². The van der Waals surface area contributed by atoms with Gasteiger partial charge in [-0.2, -0.15) is 0 Å². The van der Waals surface area contributed by atoms with E-state index in [9.17, 15) is 4.79 Å². The lowest BCUT2D eigenvalue weighted by atomic mass is 9.99. The Balaban J connectivity index is 3.34. The first-order chi connectivity index (χ1) is 7.88. The Labute approximate surface area is 107 Å². The third kappa shape index (κ3) is 2.91. The Morgan fingerprint density at radius 3 is 2.41 bits per heavy atom. The van der Waals surface area contributed by atoms with E-state index in [0.717, 1.165) is 22.6 Å². The van der Waals surface area contributed by atoms with Crippen molar-refractivity contribution in [1.29, 1.82) is 0 Å². The number of hydrogen-bond acceptors (Lipinski definition) is 2. The van der Waals surface area contributed by atoms with Crippen LogP contribution in [0.5, 0.6) is 5.75 Å². The molecule has 0 bridgehead atoms. The summed E-state index contributed by atoms with van der Waals surface area (Å²) in [6.07, 6.45) is 0. The molecular formula is C13H18ClNO2. The molecule has 0 saturated carbocycles. The van der Waals surface area contributed by atoms with Gasteiger partial charge < -0.3 is 9.64 Å². The Kier molecular flexibility index (Phi) is 4.40. The lowest BCUT2D eigenvalue weighted by Crippen LogP contribution is -2.20. The summed E-state index contributed by atoms with van der Waals surface area (Å²) in [6.45, 7) is 6.09. The molecule has 0 spiro atoms. The van der Waals surface area contributed by atoms with Gasteiger partial charge in [0, 0.05) is 12.7 Å². The highest BCUT2D eigenvalue weighted by atomic mass is 35.5. The summed E-state index contributed by atoms with van der Waals surface area (Å²) in [4.78, 5) is 12.6. The first-order valence-corrected chi connectivity index (χ1v) is 5.88. The van der Waals surface area contributed by atoms with Crippen LogP contribution in [0, 0.1) is 6.92 Å². The summed E-state index contributed by atoms with van der Waals surface area (Å²) in [5, 5.41) is -0.493. The molecule has 1 aromatic rings. The molecule has 0 aliphatic heterocycles. The van der Waals surface area contributed by atoms with Gasteiger partial charge in [-0.25, -0.2) is 0 Å². The summed E-state index contributed by atoms with van der Waals surface area (Å²) in [6, 6.07) is 3.89. The van der Waals surface area contributed by atoms with Gasteiger partial charge >= 0.3 is 5.37 Å². The van der Waals surface area contributed by atoms with Crippen LogP contribution in [0.1, 0.15) is 30.9 Å². The molecular weight excluding hydrogens is 238 g/mol. The van der Waals surface area contributed by atoms with Crippen molar-refractivity contribution in [3.63, 3.8) is 0 Å². The molecule has 3 nitrogen and oxygen atoms in total. The van der Waals surface area contributed by atoms with Crippen LogP contribution in [0.2, 0.25) is 0 Å². The predicted molar refractivity (Wildman–Crippen MR) is 71.5 cm³/mol.